The van der Waals surface area contributed by atoms with Gasteiger partial charge in [-0.05, 0) is 50.4 Å². The molecule has 0 spiro atoms. The summed E-state index contributed by atoms with van der Waals surface area (Å²) >= 11 is 0. The second kappa shape index (κ2) is 11.3. The van der Waals surface area contributed by atoms with Crippen molar-refractivity contribution in [2.24, 2.45) is 11.3 Å². The Morgan fingerprint density at radius 3 is 2.27 bits per heavy atom. The number of nitrogens with one attached hydrogen (secondary N) is 1. The first-order chi connectivity index (χ1) is 10.4. The van der Waals surface area contributed by atoms with Gasteiger partial charge in [0.2, 0.25) is 0 Å². The Hall–Kier alpha value is -1.30. The minimum Gasteiger partial charge on any atom is -0.316 e. The van der Waals surface area contributed by atoms with E-state index in [-0.39, 0.29) is 0 Å². The van der Waals surface area contributed by atoms with Gasteiger partial charge in [-0.15, -0.1) is 12.8 Å². The van der Waals surface area contributed by atoms with Crippen molar-refractivity contribution in [1.82, 2.24) is 10.2 Å². The zero-order valence-corrected chi connectivity index (χ0v) is 15.1. The molecule has 0 amide bonds. The highest BCUT2D eigenvalue weighted by Crippen LogP contribution is 2.15. The topological polar surface area (TPSA) is 15.3 Å². The second-order valence-electron chi connectivity index (χ2n) is 7.16. The Labute approximate surface area is 138 Å². The van der Waals surface area contributed by atoms with Gasteiger partial charge in [0.05, 0.1) is 0 Å². The number of hydrogen-bond donors (Lipinski definition) is 1. The predicted octanol–water partition coefficient (Wildman–Crippen LogP) is 3.68. The molecule has 1 aromatic carbocycles. The van der Waals surface area contributed by atoms with Crippen molar-refractivity contribution in [3.8, 4) is 12.8 Å². The fourth-order valence-corrected chi connectivity index (χ4v) is 2.81. The van der Waals surface area contributed by atoms with E-state index in [2.05, 4.69) is 88.3 Å². The molecule has 124 valence electrons. The van der Waals surface area contributed by atoms with Gasteiger partial charge in [0, 0.05) is 13.1 Å². The first-order valence-electron chi connectivity index (χ1n) is 8.12. The molecule has 0 aliphatic rings. The molecule has 0 aliphatic heterocycles. The van der Waals surface area contributed by atoms with Gasteiger partial charge >= 0.3 is 0 Å². The number of nitrogens with zero attached hydrogens (tertiary/aromatic N) is 1. The van der Waals surface area contributed by atoms with Crippen LogP contribution < -0.4 is 5.32 Å². The third kappa shape index (κ3) is 10.4. The van der Waals surface area contributed by atoms with E-state index >= 15 is 0 Å². The Balaban J connectivity index is 0.00000211. The normalized spacial score (nSPS) is 12.5. The van der Waals surface area contributed by atoms with E-state index in [4.69, 9.17) is 0 Å². The van der Waals surface area contributed by atoms with Crippen molar-refractivity contribution >= 4 is 0 Å². The minimum absolute atomic E-state index is 0.339. The van der Waals surface area contributed by atoms with Crippen LogP contribution in [0.4, 0.5) is 0 Å². The SMILES string of the molecule is C#C.C[C@H](CCNCC(C)(C)CN(C)C)Cc1ccccc1. The smallest absolute Gasteiger partial charge is 0.00387 e. The molecule has 1 rings (SSSR count). The van der Waals surface area contributed by atoms with Crippen molar-refractivity contribution in [1.29, 1.82) is 0 Å². The molecular formula is C20H34N2. The number of rotatable bonds is 9. The summed E-state index contributed by atoms with van der Waals surface area (Å²) < 4.78 is 0. The highest BCUT2D eigenvalue weighted by Gasteiger charge is 2.18. The van der Waals surface area contributed by atoms with Crippen molar-refractivity contribution in [2.45, 2.75) is 33.6 Å². The number of benzene rings is 1. The molecule has 0 aromatic heterocycles. The molecule has 22 heavy (non-hydrogen) atoms. The van der Waals surface area contributed by atoms with E-state index in [1.807, 2.05) is 0 Å². The molecule has 2 heteroatoms. The summed E-state index contributed by atoms with van der Waals surface area (Å²) in [6, 6.07) is 10.8. The highest BCUT2D eigenvalue weighted by atomic mass is 15.1. The molecule has 0 unspecified atom stereocenters. The van der Waals surface area contributed by atoms with Crippen LogP contribution in [0.1, 0.15) is 32.8 Å². The van der Waals surface area contributed by atoms with Gasteiger partial charge in [-0.25, -0.2) is 0 Å². The summed E-state index contributed by atoms with van der Waals surface area (Å²) in [6.07, 6.45) is 10.4. The zero-order valence-electron chi connectivity index (χ0n) is 15.1. The van der Waals surface area contributed by atoms with Gasteiger partial charge < -0.3 is 10.2 Å². The third-order valence-electron chi connectivity index (χ3n) is 3.59. The summed E-state index contributed by atoms with van der Waals surface area (Å²) in [5, 5.41) is 3.62. The van der Waals surface area contributed by atoms with E-state index in [0.29, 0.717) is 5.41 Å². The molecule has 1 aromatic rings. The lowest BCUT2D eigenvalue weighted by Gasteiger charge is -2.28. The average Bonchev–Trinajstić information content (AvgIpc) is 2.45. The Kier molecular flexibility index (Phi) is 10.6. The average molecular weight is 303 g/mol. The molecule has 1 N–H and O–H groups in total. The summed E-state index contributed by atoms with van der Waals surface area (Å²) in [5.41, 5.74) is 1.79. The molecule has 0 fully saturated rings. The lowest BCUT2D eigenvalue weighted by atomic mass is 9.92. The van der Waals surface area contributed by atoms with E-state index < -0.39 is 0 Å². The third-order valence-corrected chi connectivity index (χ3v) is 3.59. The van der Waals surface area contributed by atoms with Crippen LogP contribution in [0.25, 0.3) is 0 Å². The monoisotopic (exact) mass is 302 g/mol. The summed E-state index contributed by atoms with van der Waals surface area (Å²) in [6.45, 7) is 10.3. The molecular weight excluding hydrogens is 268 g/mol. The van der Waals surface area contributed by atoms with Crippen molar-refractivity contribution in [3.05, 3.63) is 35.9 Å². The quantitative estimate of drug-likeness (QED) is 0.553. The summed E-state index contributed by atoms with van der Waals surface area (Å²) in [4.78, 5) is 2.26. The van der Waals surface area contributed by atoms with Crippen molar-refractivity contribution in [3.63, 3.8) is 0 Å². The van der Waals surface area contributed by atoms with E-state index in [1.54, 1.807) is 0 Å². The second-order valence-corrected chi connectivity index (χ2v) is 7.16. The predicted molar refractivity (Wildman–Crippen MR) is 99.0 cm³/mol. The van der Waals surface area contributed by atoms with Crippen LogP contribution in [0.5, 0.6) is 0 Å². The highest BCUT2D eigenvalue weighted by molar-refractivity contribution is 5.15. The van der Waals surface area contributed by atoms with Crippen LogP contribution in [0.15, 0.2) is 30.3 Å². The fraction of sp³-hybridized carbons (Fsp3) is 0.600. The Bertz CT molecular complexity index is 393. The van der Waals surface area contributed by atoms with Crippen LogP contribution in [-0.4, -0.2) is 38.6 Å². The van der Waals surface area contributed by atoms with E-state index in [1.165, 1.54) is 18.4 Å². The van der Waals surface area contributed by atoms with E-state index in [0.717, 1.165) is 25.6 Å². The van der Waals surface area contributed by atoms with Crippen molar-refractivity contribution < 1.29 is 0 Å². The van der Waals surface area contributed by atoms with Crippen LogP contribution >= 0.6 is 0 Å². The summed E-state index contributed by atoms with van der Waals surface area (Å²) in [7, 11) is 4.29. The molecule has 0 bridgehead atoms. The molecule has 0 saturated heterocycles. The lowest BCUT2D eigenvalue weighted by Crippen LogP contribution is -2.38. The Morgan fingerprint density at radius 1 is 1.14 bits per heavy atom. The maximum atomic E-state index is 4.00. The largest absolute Gasteiger partial charge is 0.316 e. The Morgan fingerprint density at radius 2 is 1.73 bits per heavy atom. The van der Waals surface area contributed by atoms with Gasteiger partial charge in [0.25, 0.3) is 0 Å². The molecule has 1 atom stereocenters. The zero-order chi connectivity index (χ0) is 17.0. The maximum absolute atomic E-state index is 4.00. The van der Waals surface area contributed by atoms with Crippen LogP contribution in [0.3, 0.4) is 0 Å². The van der Waals surface area contributed by atoms with Crippen LogP contribution in [-0.2, 0) is 6.42 Å². The first-order valence-corrected chi connectivity index (χ1v) is 8.12. The molecule has 0 radical (unpaired) electrons. The standard InChI is InChI=1S/C18H32N2.C2H2/c1-16(13-17-9-7-6-8-10-17)11-12-19-14-18(2,3)15-20(4)5;1-2/h6-10,16,19H,11-15H2,1-5H3;1-2H/t16-;/m1./s1. The number of terminal acetylenes is 1. The summed E-state index contributed by atoms with van der Waals surface area (Å²) in [5.74, 6) is 0.738. The number of hydrogen-bond acceptors (Lipinski definition) is 2. The van der Waals surface area contributed by atoms with Gasteiger partial charge in [-0.1, -0.05) is 51.1 Å². The van der Waals surface area contributed by atoms with Gasteiger partial charge in [-0.3, -0.25) is 0 Å². The molecule has 2 nitrogen and oxygen atoms in total. The van der Waals surface area contributed by atoms with Gasteiger partial charge in [0.15, 0.2) is 0 Å². The van der Waals surface area contributed by atoms with Gasteiger partial charge in [-0.2, -0.15) is 0 Å². The minimum atomic E-state index is 0.339. The molecule has 0 aliphatic carbocycles. The van der Waals surface area contributed by atoms with Crippen LogP contribution in [0.2, 0.25) is 0 Å². The molecule has 0 saturated carbocycles. The van der Waals surface area contributed by atoms with Gasteiger partial charge in [0.1, 0.15) is 0 Å². The lowest BCUT2D eigenvalue weighted by molar-refractivity contribution is 0.231. The van der Waals surface area contributed by atoms with Crippen LogP contribution in [0, 0.1) is 24.2 Å². The fourth-order valence-electron chi connectivity index (χ4n) is 2.81. The van der Waals surface area contributed by atoms with E-state index in [9.17, 15) is 0 Å². The maximum Gasteiger partial charge on any atom is 0.00387 e. The first kappa shape index (κ1) is 20.7. The van der Waals surface area contributed by atoms with Crippen molar-refractivity contribution in [2.75, 3.05) is 33.7 Å². The molecule has 0 heterocycles.